The lowest BCUT2D eigenvalue weighted by atomic mass is 10.4. The second kappa shape index (κ2) is 4.86. The summed E-state index contributed by atoms with van der Waals surface area (Å²) in [5.41, 5.74) is 1.19. The van der Waals surface area contributed by atoms with Crippen molar-refractivity contribution >= 4 is 0 Å². The maximum Gasteiger partial charge on any atom is 0.0139 e. The van der Waals surface area contributed by atoms with Crippen LogP contribution in [0.5, 0.6) is 0 Å². The number of rotatable bonds is 3. The molecule has 0 aliphatic carbocycles. The van der Waals surface area contributed by atoms with Crippen molar-refractivity contribution in [1.29, 1.82) is 0 Å². The summed E-state index contributed by atoms with van der Waals surface area (Å²) in [5, 5.41) is 0. The van der Waals surface area contributed by atoms with Gasteiger partial charge in [-0.05, 0) is 26.1 Å². The molecule has 10 heavy (non-hydrogen) atoms. The first-order chi connectivity index (χ1) is 4.72. The molecule has 0 aromatic rings. The molecular weight excluding hydrogens is 122 g/mol. The van der Waals surface area contributed by atoms with Crippen molar-refractivity contribution in [3.05, 3.63) is 36.7 Å². The Bertz CT molecular complexity index is 154. The molecule has 56 valence electrons. The molecule has 0 atom stereocenters. The van der Waals surface area contributed by atoms with Crippen LogP contribution in [0.15, 0.2) is 36.7 Å². The first kappa shape index (κ1) is 9.02. The van der Waals surface area contributed by atoms with E-state index >= 15 is 0 Å². The molecule has 1 nitrogen and oxygen atoms in total. The highest BCUT2D eigenvalue weighted by Crippen LogP contribution is 1.99. The van der Waals surface area contributed by atoms with Gasteiger partial charge >= 0.3 is 0 Å². The summed E-state index contributed by atoms with van der Waals surface area (Å²) in [4.78, 5) is 2.04. The molecule has 0 heterocycles. The van der Waals surface area contributed by atoms with Gasteiger partial charge in [-0.25, -0.2) is 0 Å². The lowest BCUT2D eigenvalue weighted by molar-refractivity contribution is 0.569. The van der Waals surface area contributed by atoms with Crippen LogP contribution < -0.4 is 0 Å². The van der Waals surface area contributed by atoms with Crippen molar-refractivity contribution in [2.24, 2.45) is 0 Å². The van der Waals surface area contributed by atoms with E-state index in [-0.39, 0.29) is 0 Å². The number of hydrogen-bond donors (Lipinski definition) is 0. The topological polar surface area (TPSA) is 3.24 Å². The fourth-order valence-corrected chi connectivity index (χ4v) is 0.629. The molecule has 0 spiro atoms. The normalized spacial score (nSPS) is 12.1. The standard InChI is InChI=1S/C9H15N/c1-5-7-9(3)10(4)8-6-2/h5-8H,1H2,2-4H3/b8-6+,9-7+. The Morgan fingerprint density at radius 3 is 2.50 bits per heavy atom. The third-order valence-corrected chi connectivity index (χ3v) is 1.29. The van der Waals surface area contributed by atoms with E-state index in [2.05, 4.69) is 6.58 Å². The predicted molar refractivity (Wildman–Crippen MR) is 46.5 cm³/mol. The summed E-state index contributed by atoms with van der Waals surface area (Å²) in [6.07, 6.45) is 7.77. The van der Waals surface area contributed by atoms with E-state index in [4.69, 9.17) is 0 Å². The first-order valence-corrected chi connectivity index (χ1v) is 3.37. The zero-order chi connectivity index (χ0) is 7.98. The summed E-state index contributed by atoms with van der Waals surface area (Å²) in [5.74, 6) is 0. The molecular formula is C9H15N. The zero-order valence-electron chi connectivity index (χ0n) is 6.96. The second-order valence-corrected chi connectivity index (χ2v) is 2.14. The third kappa shape index (κ3) is 3.13. The van der Waals surface area contributed by atoms with E-state index in [0.29, 0.717) is 0 Å². The van der Waals surface area contributed by atoms with Gasteiger partial charge in [0.1, 0.15) is 0 Å². The average molecular weight is 137 g/mol. The van der Waals surface area contributed by atoms with Gasteiger partial charge in [0.05, 0.1) is 0 Å². The van der Waals surface area contributed by atoms with E-state index in [1.165, 1.54) is 5.70 Å². The molecule has 0 saturated heterocycles. The van der Waals surface area contributed by atoms with E-state index in [9.17, 15) is 0 Å². The van der Waals surface area contributed by atoms with Crippen LogP contribution in [0.25, 0.3) is 0 Å². The van der Waals surface area contributed by atoms with Gasteiger partial charge in [-0.3, -0.25) is 0 Å². The summed E-state index contributed by atoms with van der Waals surface area (Å²) in [6.45, 7) is 7.66. The molecule has 0 amide bonds. The molecule has 0 rings (SSSR count). The zero-order valence-corrected chi connectivity index (χ0v) is 6.96. The molecule has 0 radical (unpaired) electrons. The van der Waals surface area contributed by atoms with Crippen molar-refractivity contribution in [2.75, 3.05) is 7.05 Å². The van der Waals surface area contributed by atoms with E-state index in [1.807, 2.05) is 44.1 Å². The molecule has 0 N–H and O–H groups in total. The van der Waals surface area contributed by atoms with Crippen LogP contribution in [0.4, 0.5) is 0 Å². The lowest BCUT2D eigenvalue weighted by Crippen LogP contribution is -2.06. The molecule has 0 saturated carbocycles. The predicted octanol–water partition coefficient (Wildman–Crippen LogP) is 2.54. The van der Waals surface area contributed by atoms with Gasteiger partial charge in [-0.2, -0.15) is 0 Å². The van der Waals surface area contributed by atoms with E-state index < -0.39 is 0 Å². The van der Waals surface area contributed by atoms with E-state index in [0.717, 1.165) is 0 Å². The molecule has 0 aromatic heterocycles. The number of hydrogen-bond acceptors (Lipinski definition) is 1. The summed E-state index contributed by atoms with van der Waals surface area (Å²) < 4.78 is 0. The minimum absolute atomic E-state index is 1.19. The summed E-state index contributed by atoms with van der Waals surface area (Å²) in [6, 6.07) is 0. The first-order valence-electron chi connectivity index (χ1n) is 3.37. The van der Waals surface area contributed by atoms with Gasteiger partial charge in [0.25, 0.3) is 0 Å². The number of nitrogens with zero attached hydrogens (tertiary/aromatic N) is 1. The Morgan fingerprint density at radius 1 is 1.50 bits per heavy atom. The maximum atomic E-state index is 3.62. The van der Waals surface area contributed by atoms with Crippen LogP contribution in [0, 0.1) is 0 Å². The van der Waals surface area contributed by atoms with Crippen molar-refractivity contribution in [2.45, 2.75) is 13.8 Å². The quantitative estimate of drug-likeness (QED) is 0.540. The lowest BCUT2D eigenvalue weighted by Gasteiger charge is -2.12. The largest absolute Gasteiger partial charge is 0.355 e. The van der Waals surface area contributed by atoms with Crippen molar-refractivity contribution in [1.82, 2.24) is 4.90 Å². The third-order valence-electron chi connectivity index (χ3n) is 1.29. The fourth-order valence-electron chi connectivity index (χ4n) is 0.629. The molecule has 0 aliphatic rings. The fraction of sp³-hybridized carbons (Fsp3) is 0.333. The minimum atomic E-state index is 1.19. The Kier molecular flexibility index (Phi) is 4.38. The SMILES string of the molecule is C=C/C=C(\C)N(C)/C=C/C. The van der Waals surface area contributed by atoms with Gasteiger partial charge in [-0.1, -0.05) is 18.7 Å². The van der Waals surface area contributed by atoms with Crippen LogP contribution >= 0.6 is 0 Å². The van der Waals surface area contributed by atoms with Gasteiger partial charge in [0, 0.05) is 12.7 Å². The van der Waals surface area contributed by atoms with Crippen LogP contribution in [0.1, 0.15) is 13.8 Å². The molecule has 0 aromatic carbocycles. The molecule has 0 fully saturated rings. The van der Waals surface area contributed by atoms with Gasteiger partial charge in [0.15, 0.2) is 0 Å². The minimum Gasteiger partial charge on any atom is -0.355 e. The Morgan fingerprint density at radius 2 is 2.10 bits per heavy atom. The van der Waals surface area contributed by atoms with E-state index in [1.54, 1.807) is 6.08 Å². The van der Waals surface area contributed by atoms with Crippen molar-refractivity contribution in [3.8, 4) is 0 Å². The molecule has 1 heteroatoms. The Hall–Kier alpha value is -0.980. The van der Waals surface area contributed by atoms with Gasteiger partial charge < -0.3 is 4.90 Å². The van der Waals surface area contributed by atoms with Crippen molar-refractivity contribution in [3.63, 3.8) is 0 Å². The number of allylic oxidation sites excluding steroid dienone is 4. The molecule has 0 aliphatic heterocycles. The average Bonchev–Trinajstić information content (AvgIpc) is 1.89. The van der Waals surface area contributed by atoms with Gasteiger partial charge in [0.2, 0.25) is 0 Å². The Balaban J connectivity index is 4.05. The maximum absolute atomic E-state index is 3.62. The van der Waals surface area contributed by atoms with Crippen LogP contribution in [0.2, 0.25) is 0 Å². The van der Waals surface area contributed by atoms with Crippen LogP contribution in [-0.2, 0) is 0 Å². The van der Waals surface area contributed by atoms with Gasteiger partial charge in [-0.15, -0.1) is 0 Å². The highest BCUT2D eigenvalue weighted by atomic mass is 15.1. The molecule has 0 unspecified atom stereocenters. The van der Waals surface area contributed by atoms with Crippen LogP contribution in [-0.4, -0.2) is 11.9 Å². The highest BCUT2D eigenvalue weighted by Gasteiger charge is 1.88. The highest BCUT2D eigenvalue weighted by molar-refractivity contribution is 5.08. The monoisotopic (exact) mass is 137 g/mol. The Labute approximate surface area is 63.3 Å². The van der Waals surface area contributed by atoms with Crippen LogP contribution in [0.3, 0.4) is 0 Å². The van der Waals surface area contributed by atoms with Crippen molar-refractivity contribution < 1.29 is 0 Å². The smallest absolute Gasteiger partial charge is 0.0139 e. The summed E-state index contributed by atoms with van der Waals surface area (Å²) >= 11 is 0. The second-order valence-electron chi connectivity index (χ2n) is 2.14. The molecule has 0 bridgehead atoms. The summed E-state index contributed by atoms with van der Waals surface area (Å²) in [7, 11) is 2.01.